The van der Waals surface area contributed by atoms with Gasteiger partial charge in [-0.15, -0.1) is 0 Å². The highest BCUT2D eigenvalue weighted by Crippen LogP contribution is 2.51. The molecular formula is C69H112N4O17P2. The van der Waals surface area contributed by atoms with Crippen molar-refractivity contribution in [2.75, 3.05) is 31.5 Å². The van der Waals surface area contributed by atoms with Crippen LogP contribution < -0.4 is 14.8 Å². The number of nitrogens with one attached hydrogen (secondary N) is 1. The van der Waals surface area contributed by atoms with Crippen molar-refractivity contribution in [1.29, 1.82) is 0 Å². The van der Waals surface area contributed by atoms with Crippen molar-refractivity contribution in [1.82, 2.24) is 14.4 Å². The zero-order chi connectivity index (χ0) is 69.1. The quantitative estimate of drug-likeness (QED) is 0.0242. The van der Waals surface area contributed by atoms with Crippen molar-refractivity contribution in [3.8, 4) is 22.8 Å². The lowest BCUT2D eigenvalue weighted by Crippen LogP contribution is -2.36. The number of nitrogens with zero attached hydrogens (tertiary/aromatic N) is 3. The molecule has 0 saturated carbocycles. The molecule has 0 aliphatic rings. The summed E-state index contributed by atoms with van der Waals surface area (Å²) >= 11 is 0. The van der Waals surface area contributed by atoms with E-state index in [4.69, 9.17) is 37.5 Å². The summed E-state index contributed by atoms with van der Waals surface area (Å²) in [5.41, 5.74) is -1.48. The molecule has 0 bridgehead atoms. The van der Waals surface area contributed by atoms with Crippen LogP contribution in [0.25, 0.3) is 22.2 Å². The predicted molar refractivity (Wildman–Crippen MR) is 361 cm³/mol. The zero-order valence-corrected chi connectivity index (χ0v) is 60.7. The number of benzene rings is 2. The van der Waals surface area contributed by atoms with Gasteiger partial charge in [0, 0.05) is 50.6 Å². The lowest BCUT2D eigenvalue weighted by atomic mass is 9.97. The van der Waals surface area contributed by atoms with Gasteiger partial charge in [0.15, 0.2) is 5.75 Å². The Morgan fingerprint density at radius 2 is 0.880 bits per heavy atom. The Kier molecular flexibility index (Phi) is 33.7. The van der Waals surface area contributed by atoms with Crippen LogP contribution >= 0.6 is 16.1 Å². The van der Waals surface area contributed by atoms with Crippen LogP contribution in [0, 0.1) is 28.6 Å². The molecule has 2 atom stereocenters. The van der Waals surface area contributed by atoms with Crippen LogP contribution in [-0.4, -0.2) is 101 Å². The Morgan fingerprint density at radius 1 is 0.511 bits per heavy atom. The molecule has 3 amide bonds. The van der Waals surface area contributed by atoms with Crippen molar-refractivity contribution < 1.29 is 80.2 Å². The van der Waals surface area contributed by atoms with Gasteiger partial charge in [-0.2, -0.15) is 0 Å². The second-order valence-corrected chi connectivity index (χ2v) is 31.5. The van der Waals surface area contributed by atoms with E-state index in [2.05, 4.69) is 37.6 Å². The largest absolute Gasteiger partial charge is 0.415 e. The molecular weight excluding hydrogens is 1220 g/mol. The van der Waals surface area contributed by atoms with E-state index in [1.54, 1.807) is 34.1 Å². The smallest absolute Gasteiger partial charge is 0.410 e. The summed E-state index contributed by atoms with van der Waals surface area (Å²) in [6, 6.07) is 10.7. The third kappa shape index (κ3) is 26.9. The van der Waals surface area contributed by atoms with E-state index in [1.807, 2.05) is 26.0 Å². The number of hydrogen-bond acceptors (Lipinski definition) is 17. The fourth-order valence-electron chi connectivity index (χ4n) is 9.31. The Labute approximate surface area is 549 Å². The molecule has 23 heteroatoms. The number of esters is 4. The Balaban J connectivity index is 2.23. The third-order valence-electron chi connectivity index (χ3n) is 15.1. The SMILES string of the molecule is CCCCCCN(CCCCCC)C(=O)Oc1ccc(-c2c(C)c3cc(NC(=O)CCC([PH](=O)OC(OC(=O)C(C)(C)C)OC(=O)C(C)(C)C)[PH](=O)OC(OC(=O)C(C)(C)C)OC(=O)C(C)(C)C)c(OC(=O)N(CCCCCC)CCCCCC)cc3n2CC)cc1. The molecule has 0 spiro atoms. The molecule has 0 saturated heterocycles. The summed E-state index contributed by atoms with van der Waals surface area (Å²) in [4.78, 5) is 99.3. The number of rotatable bonds is 38. The van der Waals surface area contributed by atoms with Gasteiger partial charge in [0.25, 0.3) is 0 Å². The number of ether oxygens (including phenoxy) is 6. The summed E-state index contributed by atoms with van der Waals surface area (Å²) in [7, 11) is -7.87. The maximum atomic E-state index is 14.7. The van der Waals surface area contributed by atoms with Crippen LogP contribution in [0.15, 0.2) is 36.4 Å². The fraction of sp³-hybridized carbons (Fsp3) is 0.696. The van der Waals surface area contributed by atoms with E-state index in [-0.39, 0.29) is 17.5 Å². The second-order valence-electron chi connectivity index (χ2n) is 27.8. The molecule has 3 aromatic rings. The van der Waals surface area contributed by atoms with Crippen LogP contribution in [0.2, 0.25) is 0 Å². The van der Waals surface area contributed by atoms with Crippen molar-refractivity contribution in [2.45, 2.75) is 265 Å². The predicted octanol–water partition coefficient (Wildman–Crippen LogP) is 17.5. The first-order valence-corrected chi connectivity index (χ1v) is 36.2. The average molecular weight is 1330 g/mol. The number of aryl methyl sites for hydroxylation is 2. The van der Waals surface area contributed by atoms with E-state index < -0.39 is 105 Å². The normalized spacial score (nSPS) is 13.1. The van der Waals surface area contributed by atoms with Gasteiger partial charge in [0.2, 0.25) is 22.0 Å². The Morgan fingerprint density at radius 3 is 1.23 bits per heavy atom. The number of amides is 3. The fourth-order valence-corrected chi connectivity index (χ4v) is 12.2. The van der Waals surface area contributed by atoms with Crippen LogP contribution in [0.3, 0.4) is 0 Å². The van der Waals surface area contributed by atoms with Crippen molar-refractivity contribution in [3.05, 3.63) is 42.0 Å². The minimum atomic E-state index is -3.94. The molecule has 2 aromatic carbocycles. The van der Waals surface area contributed by atoms with E-state index in [1.165, 1.54) is 83.1 Å². The van der Waals surface area contributed by atoms with Gasteiger partial charge in [-0.1, -0.05) is 105 Å². The number of carbonyl (C=O) groups is 7. The number of unbranched alkanes of at least 4 members (excludes halogenated alkanes) is 12. The number of anilines is 1. The number of fused-ring (bicyclic) bond motifs is 1. The zero-order valence-electron chi connectivity index (χ0n) is 58.7. The highest BCUT2D eigenvalue weighted by molar-refractivity contribution is 7.58. The summed E-state index contributed by atoms with van der Waals surface area (Å²) in [5, 5.41) is 1.82. The molecule has 520 valence electrons. The summed E-state index contributed by atoms with van der Waals surface area (Å²) in [5.74, 6) is -3.98. The van der Waals surface area contributed by atoms with Gasteiger partial charge in [0.05, 0.1) is 38.6 Å². The molecule has 92 heavy (non-hydrogen) atoms. The van der Waals surface area contributed by atoms with Gasteiger partial charge in [-0.3, -0.25) is 42.2 Å². The summed E-state index contributed by atoms with van der Waals surface area (Å²) in [6.07, 6.45) is 13.5. The first-order valence-electron chi connectivity index (χ1n) is 33.4. The Bertz CT molecular complexity index is 2760. The van der Waals surface area contributed by atoms with Crippen LogP contribution in [-0.2, 0) is 67.6 Å². The van der Waals surface area contributed by atoms with E-state index in [9.17, 15) is 42.7 Å². The molecule has 1 aromatic heterocycles. The lowest BCUT2D eigenvalue weighted by molar-refractivity contribution is -0.244. The van der Waals surface area contributed by atoms with Gasteiger partial charge < -0.3 is 48.1 Å². The Hall–Kier alpha value is -5.75. The number of hydrogen-bond donors (Lipinski definition) is 1. The molecule has 0 fully saturated rings. The second kappa shape index (κ2) is 38.6. The maximum Gasteiger partial charge on any atom is 0.415 e. The average Bonchev–Trinajstić information content (AvgIpc) is 1.60. The maximum absolute atomic E-state index is 14.7. The highest BCUT2D eigenvalue weighted by Gasteiger charge is 2.39. The van der Waals surface area contributed by atoms with Crippen molar-refractivity contribution in [3.63, 3.8) is 0 Å². The number of carbonyl (C=O) groups excluding carboxylic acids is 7. The minimum absolute atomic E-state index is 0.0247. The third-order valence-corrected chi connectivity index (χ3v) is 19.1. The molecule has 1 N–H and O–H groups in total. The molecule has 0 radical (unpaired) electrons. The molecule has 2 unspecified atom stereocenters. The monoisotopic (exact) mass is 1330 g/mol. The molecule has 21 nitrogen and oxygen atoms in total. The van der Waals surface area contributed by atoms with Crippen LogP contribution in [0.1, 0.15) is 239 Å². The van der Waals surface area contributed by atoms with E-state index in [0.717, 1.165) is 120 Å². The van der Waals surface area contributed by atoms with Gasteiger partial charge >= 0.3 is 49.0 Å². The van der Waals surface area contributed by atoms with Crippen LogP contribution in [0.5, 0.6) is 11.5 Å². The first-order chi connectivity index (χ1) is 43.1. The number of aromatic nitrogens is 1. The standard InChI is InChI=1S/C69H112N4O17P2/c1-19-24-28-32-42-71(43-33-29-25-20-2)62(79)83-50-38-36-49(37-39-50)57-48(6)51-46-52(54(47-53(51)73(57)23-5)84-63(80)72(44-34-30-26-21-3)45-35-31-27-22-4)70-55(74)40-41-56(91(81)89-64(85-58(75)66(7,8)9)86-59(76)67(10,11)12)92(82)90-65(87-60(77)68(13,14)15)88-61(78)69(16,17)18/h36-39,46-47,56,64-65,91-92H,19-35,40-45H2,1-18H3,(H,70,74). The summed E-state index contributed by atoms with van der Waals surface area (Å²) in [6.45, 7) is 28.9. The van der Waals surface area contributed by atoms with Gasteiger partial charge in [0.1, 0.15) is 11.1 Å². The van der Waals surface area contributed by atoms with Crippen molar-refractivity contribution >= 4 is 74.6 Å². The minimum Gasteiger partial charge on any atom is -0.410 e. The van der Waals surface area contributed by atoms with E-state index >= 15 is 0 Å². The summed E-state index contributed by atoms with van der Waals surface area (Å²) < 4.78 is 76.9. The molecule has 3 rings (SSSR count). The first kappa shape index (κ1) is 80.5. The molecule has 0 aliphatic carbocycles. The lowest BCUT2D eigenvalue weighted by Gasteiger charge is -2.28. The van der Waals surface area contributed by atoms with Crippen LogP contribution in [0.4, 0.5) is 15.3 Å². The van der Waals surface area contributed by atoms with Gasteiger partial charge in [-0.05, 0) is 170 Å². The topological polar surface area (TPSA) is 251 Å². The van der Waals surface area contributed by atoms with E-state index in [0.29, 0.717) is 49.4 Å². The molecule has 0 aliphatic heterocycles. The van der Waals surface area contributed by atoms with Crippen molar-refractivity contribution in [2.24, 2.45) is 21.7 Å². The highest BCUT2D eigenvalue weighted by atomic mass is 31.2. The van der Waals surface area contributed by atoms with Gasteiger partial charge in [-0.25, -0.2) is 9.59 Å². The molecule has 1 heterocycles.